The smallest absolute Gasteiger partial charge is 0.306 e. The molecular formula is C62H100O6. The quantitative estimate of drug-likeness (QED) is 0.0199. The lowest BCUT2D eigenvalue weighted by Crippen LogP contribution is -2.30. The van der Waals surface area contributed by atoms with Gasteiger partial charge in [-0.3, -0.25) is 14.4 Å². The highest BCUT2D eigenvalue weighted by molar-refractivity contribution is 5.71. The van der Waals surface area contributed by atoms with Gasteiger partial charge in [-0.2, -0.15) is 0 Å². The van der Waals surface area contributed by atoms with Crippen LogP contribution in [0.15, 0.2) is 122 Å². The van der Waals surface area contributed by atoms with Crippen LogP contribution >= 0.6 is 0 Å². The van der Waals surface area contributed by atoms with Gasteiger partial charge in [0.25, 0.3) is 0 Å². The van der Waals surface area contributed by atoms with Crippen molar-refractivity contribution in [1.82, 2.24) is 0 Å². The molecule has 0 amide bonds. The number of rotatable bonds is 48. The first kappa shape index (κ1) is 63.8. The highest BCUT2D eigenvalue weighted by atomic mass is 16.6. The summed E-state index contributed by atoms with van der Waals surface area (Å²) in [5.41, 5.74) is 0. The average molecular weight is 941 g/mol. The molecule has 0 aliphatic rings. The first-order chi connectivity index (χ1) is 33.5. The van der Waals surface area contributed by atoms with E-state index in [-0.39, 0.29) is 37.5 Å². The summed E-state index contributed by atoms with van der Waals surface area (Å²) in [5, 5.41) is 0. The molecule has 0 rings (SSSR count). The Morgan fingerprint density at radius 3 is 1.10 bits per heavy atom. The van der Waals surface area contributed by atoms with Crippen LogP contribution < -0.4 is 0 Å². The van der Waals surface area contributed by atoms with Gasteiger partial charge in [0.05, 0.1) is 0 Å². The van der Waals surface area contributed by atoms with Crippen molar-refractivity contribution in [3.8, 4) is 0 Å². The highest BCUT2D eigenvalue weighted by Gasteiger charge is 2.19. The summed E-state index contributed by atoms with van der Waals surface area (Å²) in [4.78, 5) is 38.1. The predicted molar refractivity (Wildman–Crippen MR) is 293 cm³/mol. The summed E-state index contributed by atoms with van der Waals surface area (Å²) < 4.78 is 16.8. The maximum atomic E-state index is 12.8. The molecule has 1 atom stereocenters. The summed E-state index contributed by atoms with van der Waals surface area (Å²) >= 11 is 0. The molecule has 0 aliphatic heterocycles. The van der Waals surface area contributed by atoms with Crippen molar-refractivity contribution in [2.45, 2.75) is 239 Å². The molecule has 6 heteroatoms. The topological polar surface area (TPSA) is 78.9 Å². The number of hydrogen-bond donors (Lipinski definition) is 0. The van der Waals surface area contributed by atoms with Crippen LogP contribution in [-0.2, 0) is 28.6 Å². The second-order valence-corrected chi connectivity index (χ2v) is 17.9. The highest BCUT2D eigenvalue weighted by Crippen LogP contribution is 2.14. The second kappa shape index (κ2) is 55.4. The second-order valence-electron chi connectivity index (χ2n) is 17.9. The van der Waals surface area contributed by atoms with Crippen molar-refractivity contribution in [3.63, 3.8) is 0 Å². The zero-order valence-corrected chi connectivity index (χ0v) is 43.8. The van der Waals surface area contributed by atoms with Crippen LogP contribution in [0.4, 0.5) is 0 Å². The zero-order valence-electron chi connectivity index (χ0n) is 43.8. The van der Waals surface area contributed by atoms with E-state index in [0.717, 1.165) is 122 Å². The fourth-order valence-electron chi connectivity index (χ4n) is 7.20. The molecule has 0 bridgehead atoms. The van der Waals surface area contributed by atoms with Crippen LogP contribution in [0.3, 0.4) is 0 Å². The minimum Gasteiger partial charge on any atom is -0.462 e. The zero-order chi connectivity index (χ0) is 49.3. The predicted octanol–water partition coefficient (Wildman–Crippen LogP) is 18.5. The van der Waals surface area contributed by atoms with Gasteiger partial charge < -0.3 is 14.2 Å². The Kier molecular flexibility index (Phi) is 52.0. The number of esters is 3. The molecule has 68 heavy (non-hydrogen) atoms. The number of ether oxygens (including phenoxy) is 3. The summed E-state index contributed by atoms with van der Waals surface area (Å²) in [6, 6.07) is 0. The van der Waals surface area contributed by atoms with Crippen molar-refractivity contribution in [2.24, 2.45) is 0 Å². The number of allylic oxidation sites excluding steroid dienone is 20. The Hall–Kier alpha value is -4.19. The lowest BCUT2D eigenvalue weighted by Gasteiger charge is -2.18. The SMILES string of the molecule is CC/C=C\C/C=C\C/C=C\C/C=C\C/C=C\CCCCCC(=O)OCC(COC(=O)CCCCCCCCCCCCCCC)OC(=O)CCCCCCC\C=C/C=C\C=C/C=C\C=C/CCC. The molecule has 0 saturated heterocycles. The van der Waals surface area contributed by atoms with Crippen LogP contribution in [0, 0.1) is 0 Å². The molecule has 0 aromatic rings. The number of carbonyl (C=O) groups is 3. The number of unbranched alkanes of at least 4 members (excludes halogenated alkanes) is 21. The van der Waals surface area contributed by atoms with Crippen molar-refractivity contribution in [3.05, 3.63) is 122 Å². The van der Waals surface area contributed by atoms with Crippen LogP contribution in [-0.4, -0.2) is 37.2 Å². The van der Waals surface area contributed by atoms with E-state index in [1.54, 1.807) is 0 Å². The third-order valence-electron chi connectivity index (χ3n) is 11.3. The van der Waals surface area contributed by atoms with Gasteiger partial charge in [0.15, 0.2) is 6.10 Å². The van der Waals surface area contributed by atoms with Gasteiger partial charge in [-0.25, -0.2) is 0 Å². The summed E-state index contributed by atoms with van der Waals surface area (Å²) in [6.07, 6.45) is 76.0. The van der Waals surface area contributed by atoms with Gasteiger partial charge in [-0.15, -0.1) is 0 Å². The Bertz CT molecular complexity index is 1450. The van der Waals surface area contributed by atoms with Crippen LogP contribution in [0.25, 0.3) is 0 Å². The molecule has 0 N–H and O–H groups in total. The van der Waals surface area contributed by atoms with Crippen LogP contribution in [0.1, 0.15) is 233 Å². The fourth-order valence-corrected chi connectivity index (χ4v) is 7.20. The van der Waals surface area contributed by atoms with Crippen LogP contribution in [0.5, 0.6) is 0 Å². The molecule has 0 radical (unpaired) electrons. The standard InChI is InChI=1S/C62H100O6/c1-4-7-10-13-16-19-22-25-27-29-31-33-34-37-40-43-46-49-52-55-61(64)67-58-59(57-66-60(63)54-51-48-45-42-39-36-24-21-18-15-12-9-6-3)68-62(65)56-53-50-47-44-41-38-35-32-30-28-26-23-20-17-14-11-8-5-2/h7,10-11,14,16-17,19-20,23,25-28,30-33,35,37,40,59H,4-6,8-9,12-13,15,18,21-22,24,29,34,36,38-39,41-58H2,1-3H3/b10-7-,14-11-,19-16-,20-17-,26-23-,27-25-,30-28-,33-31-,35-32-,40-37-. The summed E-state index contributed by atoms with van der Waals surface area (Å²) in [5.74, 6) is -0.962. The molecule has 384 valence electrons. The molecule has 0 aliphatic carbocycles. The van der Waals surface area contributed by atoms with Gasteiger partial charge in [0.1, 0.15) is 13.2 Å². The monoisotopic (exact) mass is 941 g/mol. The lowest BCUT2D eigenvalue weighted by molar-refractivity contribution is -0.167. The average Bonchev–Trinajstić information content (AvgIpc) is 3.34. The molecule has 6 nitrogen and oxygen atoms in total. The third-order valence-corrected chi connectivity index (χ3v) is 11.3. The molecule has 0 aromatic carbocycles. The molecule has 0 saturated carbocycles. The van der Waals surface area contributed by atoms with E-state index in [1.807, 2.05) is 24.3 Å². The largest absolute Gasteiger partial charge is 0.462 e. The van der Waals surface area contributed by atoms with Crippen molar-refractivity contribution < 1.29 is 28.6 Å². The lowest BCUT2D eigenvalue weighted by atomic mass is 10.0. The third kappa shape index (κ3) is 52.8. The van der Waals surface area contributed by atoms with Crippen molar-refractivity contribution in [1.29, 1.82) is 0 Å². The molecule has 0 fully saturated rings. The van der Waals surface area contributed by atoms with Gasteiger partial charge in [-0.05, 0) is 83.5 Å². The van der Waals surface area contributed by atoms with Gasteiger partial charge in [0, 0.05) is 19.3 Å². The van der Waals surface area contributed by atoms with Crippen molar-refractivity contribution in [2.75, 3.05) is 13.2 Å². The van der Waals surface area contributed by atoms with E-state index in [2.05, 4.69) is 118 Å². The maximum Gasteiger partial charge on any atom is 0.306 e. The summed E-state index contributed by atoms with van der Waals surface area (Å²) in [6.45, 7) is 6.38. The van der Waals surface area contributed by atoms with E-state index in [1.165, 1.54) is 70.6 Å². The van der Waals surface area contributed by atoms with E-state index in [9.17, 15) is 14.4 Å². The Morgan fingerprint density at radius 2 is 0.662 bits per heavy atom. The molecular weight excluding hydrogens is 841 g/mol. The summed E-state index contributed by atoms with van der Waals surface area (Å²) in [7, 11) is 0. The van der Waals surface area contributed by atoms with Crippen molar-refractivity contribution >= 4 is 17.9 Å². The Balaban J connectivity index is 4.52. The van der Waals surface area contributed by atoms with Gasteiger partial charge >= 0.3 is 17.9 Å². The maximum absolute atomic E-state index is 12.8. The van der Waals surface area contributed by atoms with E-state index in [0.29, 0.717) is 12.8 Å². The molecule has 1 unspecified atom stereocenters. The first-order valence-corrected chi connectivity index (χ1v) is 27.6. The Morgan fingerprint density at radius 1 is 0.324 bits per heavy atom. The van der Waals surface area contributed by atoms with E-state index in [4.69, 9.17) is 14.2 Å². The van der Waals surface area contributed by atoms with Crippen LogP contribution in [0.2, 0.25) is 0 Å². The Labute approximate surface area is 418 Å². The van der Waals surface area contributed by atoms with Gasteiger partial charge in [0.2, 0.25) is 0 Å². The molecule has 0 heterocycles. The fraction of sp³-hybridized carbons (Fsp3) is 0.629. The van der Waals surface area contributed by atoms with Gasteiger partial charge in [-0.1, -0.05) is 251 Å². The first-order valence-electron chi connectivity index (χ1n) is 27.6. The minimum absolute atomic E-state index is 0.101. The number of carbonyl (C=O) groups excluding carboxylic acids is 3. The van der Waals surface area contributed by atoms with E-state index < -0.39 is 6.10 Å². The minimum atomic E-state index is -0.808. The molecule has 0 spiro atoms. The molecule has 0 aromatic heterocycles. The number of hydrogen-bond acceptors (Lipinski definition) is 6. The van der Waals surface area contributed by atoms with E-state index >= 15 is 0 Å². The normalized spacial score (nSPS) is 13.0.